The molecule has 1 aromatic carbocycles. The largest absolute Gasteiger partial charge is 0.497 e. The van der Waals surface area contributed by atoms with Crippen LogP contribution in [0.1, 0.15) is 6.92 Å². The average Bonchev–Trinajstić information content (AvgIpc) is 2.43. The molecule has 0 aliphatic rings. The van der Waals surface area contributed by atoms with Crippen LogP contribution in [0.15, 0.2) is 18.2 Å². The first kappa shape index (κ1) is 16.0. The van der Waals surface area contributed by atoms with Gasteiger partial charge in [0.05, 0.1) is 19.9 Å². The molecule has 7 heteroatoms. The van der Waals surface area contributed by atoms with E-state index >= 15 is 0 Å². The third-order valence-electron chi connectivity index (χ3n) is 2.44. The predicted octanol–water partition coefficient (Wildman–Crippen LogP) is 1.13. The highest BCUT2D eigenvalue weighted by Gasteiger charge is 2.06. The molecule has 20 heavy (non-hydrogen) atoms. The van der Waals surface area contributed by atoms with Gasteiger partial charge in [-0.3, -0.25) is 4.79 Å². The molecular weight excluding hydrogens is 278 g/mol. The zero-order chi connectivity index (χ0) is 15.0. The first-order valence-corrected chi connectivity index (χ1v) is 6.49. The van der Waals surface area contributed by atoms with Crippen LogP contribution in [0.25, 0.3) is 0 Å². The minimum atomic E-state index is -0.0693. The van der Waals surface area contributed by atoms with Crippen LogP contribution >= 0.6 is 12.2 Å². The van der Waals surface area contributed by atoms with Gasteiger partial charge in [-0.2, -0.15) is 0 Å². The number of anilines is 1. The molecule has 1 rings (SSSR count). The number of hydrogen-bond acceptors (Lipinski definition) is 4. The molecule has 1 amide bonds. The molecule has 0 radical (unpaired) electrons. The van der Waals surface area contributed by atoms with E-state index in [9.17, 15) is 4.79 Å². The van der Waals surface area contributed by atoms with Crippen molar-refractivity contribution in [3.05, 3.63) is 18.2 Å². The first-order valence-electron chi connectivity index (χ1n) is 6.08. The summed E-state index contributed by atoms with van der Waals surface area (Å²) in [6.07, 6.45) is 0. The van der Waals surface area contributed by atoms with Crippen molar-refractivity contribution in [2.75, 3.05) is 32.6 Å². The van der Waals surface area contributed by atoms with Gasteiger partial charge in [-0.25, -0.2) is 0 Å². The van der Waals surface area contributed by atoms with E-state index in [4.69, 9.17) is 21.7 Å². The Morgan fingerprint density at radius 2 is 1.90 bits per heavy atom. The van der Waals surface area contributed by atoms with Crippen molar-refractivity contribution < 1.29 is 14.3 Å². The smallest absolute Gasteiger partial charge is 0.216 e. The number of rotatable bonds is 6. The topological polar surface area (TPSA) is 71.6 Å². The highest BCUT2D eigenvalue weighted by Crippen LogP contribution is 2.28. The second kappa shape index (κ2) is 8.21. The first-order chi connectivity index (χ1) is 9.56. The van der Waals surface area contributed by atoms with E-state index in [1.54, 1.807) is 32.4 Å². The molecule has 110 valence electrons. The van der Waals surface area contributed by atoms with E-state index < -0.39 is 0 Å². The van der Waals surface area contributed by atoms with Crippen LogP contribution in [0.5, 0.6) is 11.5 Å². The van der Waals surface area contributed by atoms with Gasteiger partial charge in [-0.05, 0) is 24.4 Å². The number of methoxy groups -OCH3 is 2. The highest BCUT2D eigenvalue weighted by atomic mass is 32.1. The molecule has 0 aliphatic heterocycles. The van der Waals surface area contributed by atoms with E-state index in [-0.39, 0.29) is 5.91 Å². The van der Waals surface area contributed by atoms with Crippen molar-refractivity contribution in [2.24, 2.45) is 0 Å². The maximum atomic E-state index is 10.7. The Morgan fingerprint density at radius 3 is 2.50 bits per heavy atom. The van der Waals surface area contributed by atoms with Gasteiger partial charge < -0.3 is 25.4 Å². The van der Waals surface area contributed by atoms with Gasteiger partial charge in [0.15, 0.2) is 5.11 Å². The fourth-order valence-corrected chi connectivity index (χ4v) is 1.70. The molecule has 0 aromatic heterocycles. The fourth-order valence-electron chi connectivity index (χ4n) is 1.49. The minimum absolute atomic E-state index is 0.0693. The van der Waals surface area contributed by atoms with Crippen molar-refractivity contribution in [1.82, 2.24) is 10.6 Å². The molecule has 0 saturated carbocycles. The van der Waals surface area contributed by atoms with Gasteiger partial charge in [0.1, 0.15) is 11.5 Å². The molecule has 0 spiro atoms. The van der Waals surface area contributed by atoms with Crippen molar-refractivity contribution in [1.29, 1.82) is 0 Å². The molecular formula is C13H19N3O3S. The van der Waals surface area contributed by atoms with Crippen LogP contribution < -0.4 is 25.4 Å². The summed E-state index contributed by atoms with van der Waals surface area (Å²) in [5, 5.41) is 9.13. The van der Waals surface area contributed by atoms with Gasteiger partial charge in [0.25, 0.3) is 0 Å². The average molecular weight is 297 g/mol. The highest BCUT2D eigenvalue weighted by molar-refractivity contribution is 7.80. The number of benzene rings is 1. The third kappa shape index (κ3) is 5.31. The Balaban J connectivity index is 2.54. The van der Waals surface area contributed by atoms with E-state index in [1.165, 1.54) is 6.92 Å². The summed E-state index contributed by atoms with van der Waals surface area (Å²) in [4.78, 5) is 10.7. The van der Waals surface area contributed by atoms with Gasteiger partial charge >= 0.3 is 0 Å². The number of carbonyl (C=O) groups is 1. The Kier molecular flexibility index (Phi) is 6.58. The summed E-state index contributed by atoms with van der Waals surface area (Å²) < 4.78 is 10.4. The lowest BCUT2D eigenvalue weighted by molar-refractivity contribution is -0.118. The zero-order valence-electron chi connectivity index (χ0n) is 11.8. The lowest BCUT2D eigenvalue weighted by Gasteiger charge is -2.14. The molecule has 0 unspecified atom stereocenters. The number of nitrogens with one attached hydrogen (secondary N) is 3. The zero-order valence-corrected chi connectivity index (χ0v) is 12.6. The Hall–Kier alpha value is -2.02. The number of thiocarbonyl (C=S) groups is 1. The SMILES string of the molecule is COc1ccc(OC)c(NC(=S)NCCNC(C)=O)c1. The second-order valence-corrected chi connectivity index (χ2v) is 4.34. The predicted molar refractivity (Wildman–Crippen MR) is 82.5 cm³/mol. The molecule has 0 aliphatic carbocycles. The molecule has 0 heterocycles. The van der Waals surface area contributed by atoms with Crippen LogP contribution in [-0.4, -0.2) is 38.3 Å². The molecule has 6 nitrogen and oxygen atoms in total. The van der Waals surface area contributed by atoms with Crippen molar-refractivity contribution in [3.8, 4) is 11.5 Å². The summed E-state index contributed by atoms with van der Waals surface area (Å²) >= 11 is 5.17. The van der Waals surface area contributed by atoms with Crippen LogP contribution in [-0.2, 0) is 4.79 Å². The standard InChI is InChI=1S/C13H19N3O3S/c1-9(17)14-6-7-15-13(20)16-11-8-10(18-2)4-5-12(11)19-3/h4-5,8H,6-7H2,1-3H3,(H,14,17)(H2,15,16,20). The molecule has 3 N–H and O–H groups in total. The van der Waals surface area contributed by atoms with Gasteiger partial charge in [-0.15, -0.1) is 0 Å². The maximum Gasteiger partial charge on any atom is 0.216 e. The van der Waals surface area contributed by atoms with Crippen molar-refractivity contribution >= 4 is 28.9 Å². The number of amides is 1. The van der Waals surface area contributed by atoms with Gasteiger partial charge in [0.2, 0.25) is 5.91 Å². The van der Waals surface area contributed by atoms with Gasteiger partial charge in [-0.1, -0.05) is 0 Å². The lowest BCUT2D eigenvalue weighted by Crippen LogP contribution is -2.35. The monoisotopic (exact) mass is 297 g/mol. The lowest BCUT2D eigenvalue weighted by atomic mass is 10.2. The summed E-state index contributed by atoms with van der Waals surface area (Å²) in [6.45, 7) is 2.52. The Labute approximate surface area is 123 Å². The summed E-state index contributed by atoms with van der Waals surface area (Å²) in [7, 11) is 3.18. The fraction of sp³-hybridized carbons (Fsp3) is 0.385. The van der Waals surface area contributed by atoms with Crippen LogP contribution in [0.3, 0.4) is 0 Å². The number of ether oxygens (including phenoxy) is 2. The van der Waals surface area contributed by atoms with E-state index in [0.29, 0.717) is 35.4 Å². The van der Waals surface area contributed by atoms with Crippen LogP contribution in [0, 0.1) is 0 Å². The second-order valence-electron chi connectivity index (χ2n) is 3.93. The summed E-state index contributed by atoms with van der Waals surface area (Å²) in [5.74, 6) is 1.30. The molecule has 0 atom stereocenters. The summed E-state index contributed by atoms with van der Waals surface area (Å²) in [5.41, 5.74) is 0.712. The molecule has 0 saturated heterocycles. The van der Waals surface area contributed by atoms with E-state index in [2.05, 4.69) is 16.0 Å². The quantitative estimate of drug-likeness (QED) is 0.540. The Bertz CT molecular complexity index is 480. The maximum absolute atomic E-state index is 10.7. The van der Waals surface area contributed by atoms with Crippen molar-refractivity contribution in [3.63, 3.8) is 0 Å². The molecule has 0 fully saturated rings. The number of carbonyl (C=O) groups excluding carboxylic acids is 1. The van der Waals surface area contributed by atoms with Crippen LogP contribution in [0.4, 0.5) is 5.69 Å². The third-order valence-corrected chi connectivity index (χ3v) is 2.69. The molecule has 1 aromatic rings. The van der Waals surface area contributed by atoms with E-state index in [1.807, 2.05) is 0 Å². The van der Waals surface area contributed by atoms with E-state index in [0.717, 1.165) is 0 Å². The van der Waals surface area contributed by atoms with Crippen LogP contribution in [0.2, 0.25) is 0 Å². The Morgan fingerprint density at radius 1 is 1.20 bits per heavy atom. The number of hydrogen-bond donors (Lipinski definition) is 3. The normalized spacial score (nSPS) is 9.55. The van der Waals surface area contributed by atoms with Gasteiger partial charge in [0, 0.05) is 26.1 Å². The molecule has 0 bridgehead atoms. The van der Waals surface area contributed by atoms with Crippen molar-refractivity contribution in [2.45, 2.75) is 6.92 Å². The summed E-state index contributed by atoms with van der Waals surface area (Å²) in [6, 6.07) is 5.39. The minimum Gasteiger partial charge on any atom is -0.497 e.